The van der Waals surface area contributed by atoms with Crippen LogP contribution in [0.15, 0.2) is 34.0 Å². The van der Waals surface area contributed by atoms with Crippen molar-refractivity contribution in [1.82, 2.24) is 15.0 Å². The van der Waals surface area contributed by atoms with Crippen LogP contribution in [0, 0.1) is 0 Å². The van der Waals surface area contributed by atoms with Gasteiger partial charge in [-0.3, -0.25) is 4.79 Å². The maximum atomic E-state index is 12.7. The maximum Gasteiger partial charge on any atom is 0.241 e. The van der Waals surface area contributed by atoms with Gasteiger partial charge in [0.05, 0.1) is 34.8 Å². The quantitative estimate of drug-likeness (QED) is 0.578. The number of amides is 1. The molecule has 0 aliphatic carbocycles. The van der Waals surface area contributed by atoms with E-state index in [1.165, 1.54) is 48.4 Å². The van der Waals surface area contributed by atoms with E-state index in [9.17, 15) is 13.2 Å². The smallest absolute Gasteiger partial charge is 0.241 e. The van der Waals surface area contributed by atoms with Crippen LogP contribution < -0.4 is 14.8 Å². The van der Waals surface area contributed by atoms with Crippen molar-refractivity contribution in [3.63, 3.8) is 0 Å². The second kappa shape index (κ2) is 10.3. The van der Waals surface area contributed by atoms with Gasteiger partial charge in [0.15, 0.2) is 0 Å². The van der Waals surface area contributed by atoms with Gasteiger partial charge in [-0.2, -0.15) is 16.5 Å². The maximum absolute atomic E-state index is 12.7. The van der Waals surface area contributed by atoms with Crippen LogP contribution in [0.4, 0.5) is 0 Å². The molecule has 0 fully saturated rings. The molecule has 1 aromatic carbocycles. The lowest BCUT2D eigenvalue weighted by molar-refractivity contribution is -0.122. The van der Waals surface area contributed by atoms with Crippen molar-refractivity contribution in [2.75, 3.05) is 19.1 Å². The molecule has 0 saturated heterocycles. The number of methoxy groups -OCH3 is 1. The number of nitrogens with one attached hydrogen (secondary N) is 2. The van der Waals surface area contributed by atoms with E-state index in [4.69, 9.17) is 16.3 Å². The molecule has 0 bridgehead atoms. The van der Waals surface area contributed by atoms with Gasteiger partial charge in [-0.25, -0.2) is 13.4 Å². The first-order valence-corrected chi connectivity index (χ1v) is 12.1. The molecule has 7 nitrogen and oxygen atoms in total. The molecule has 0 unspecified atom stereocenters. The number of thioether (sulfide) groups is 1. The lowest BCUT2D eigenvalue weighted by Gasteiger charge is -2.18. The highest BCUT2D eigenvalue weighted by atomic mass is 35.5. The zero-order valence-electron chi connectivity index (χ0n) is 14.8. The average Bonchev–Trinajstić information content (AvgIpc) is 3.16. The van der Waals surface area contributed by atoms with E-state index < -0.39 is 22.0 Å². The van der Waals surface area contributed by atoms with E-state index in [0.717, 1.165) is 5.69 Å². The van der Waals surface area contributed by atoms with Crippen molar-refractivity contribution in [1.29, 1.82) is 0 Å². The summed E-state index contributed by atoms with van der Waals surface area (Å²) in [5.41, 5.74) is 2.39. The zero-order chi connectivity index (χ0) is 19.9. The Labute approximate surface area is 171 Å². The fourth-order valence-corrected chi connectivity index (χ4v) is 4.78. The summed E-state index contributed by atoms with van der Waals surface area (Å²) in [5.74, 6) is 0.594. The summed E-state index contributed by atoms with van der Waals surface area (Å²) >= 11 is 8.97. The van der Waals surface area contributed by atoms with E-state index >= 15 is 0 Å². The van der Waals surface area contributed by atoms with E-state index in [-0.39, 0.29) is 16.5 Å². The molecule has 2 rings (SSSR count). The molecule has 27 heavy (non-hydrogen) atoms. The van der Waals surface area contributed by atoms with Gasteiger partial charge in [0.25, 0.3) is 0 Å². The first kappa shape index (κ1) is 22.0. The molecule has 1 aromatic heterocycles. The van der Waals surface area contributed by atoms with Crippen LogP contribution in [0.3, 0.4) is 0 Å². The minimum absolute atomic E-state index is 0.0326. The molecule has 0 spiro atoms. The summed E-state index contributed by atoms with van der Waals surface area (Å²) in [6, 6.07) is 3.24. The molecular formula is C16H20ClN3O4S3. The number of hydrogen-bond donors (Lipinski definition) is 2. The van der Waals surface area contributed by atoms with Crippen LogP contribution in [0.2, 0.25) is 5.02 Å². The molecule has 0 saturated carbocycles. The molecule has 0 radical (unpaired) electrons. The minimum Gasteiger partial charge on any atom is -0.495 e. The fourth-order valence-electron chi connectivity index (χ4n) is 2.17. The largest absolute Gasteiger partial charge is 0.495 e. The third-order valence-electron chi connectivity index (χ3n) is 3.59. The molecule has 11 heteroatoms. The van der Waals surface area contributed by atoms with Gasteiger partial charge in [0, 0.05) is 5.38 Å². The lowest BCUT2D eigenvalue weighted by atomic mass is 10.2. The van der Waals surface area contributed by atoms with Crippen LogP contribution in [0.25, 0.3) is 0 Å². The molecule has 1 amide bonds. The van der Waals surface area contributed by atoms with Crippen LogP contribution >= 0.6 is 34.7 Å². The summed E-state index contributed by atoms with van der Waals surface area (Å²) < 4.78 is 32.9. The molecule has 0 aliphatic heterocycles. The number of benzene rings is 1. The van der Waals surface area contributed by atoms with Crippen LogP contribution in [0.1, 0.15) is 12.1 Å². The number of sulfonamides is 1. The highest BCUT2D eigenvalue weighted by Gasteiger charge is 2.26. The molecular weight excluding hydrogens is 430 g/mol. The van der Waals surface area contributed by atoms with E-state index in [1.54, 1.807) is 5.51 Å². The number of ether oxygens (including phenoxy) is 1. The van der Waals surface area contributed by atoms with Crippen LogP contribution in [-0.4, -0.2) is 44.5 Å². The van der Waals surface area contributed by atoms with E-state index in [0.29, 0.717) is 17.9 Å². The van der Waals surface area contributed by atoms with Gasteiger partial charge >= 0.3 is 0 Å². The van der Waals surface area contributed by atoms with Gasteiger partial charge < -0.3 is 10.1 Å². The fraction of sp³-hybridized carbons (Fsp3) is 0.375. The summed E-state index contributed by atoms with van der Waals surface area (Å²) in [6.07, 6.45) is 2.25. The van der Waals surface area contributed by atoms with Crippen LogP contribution in [0.5, 0.6) is 5.75 Å². The Bertz CT molecular complexity index is 860. The minimum atomic E-state index is -3.93. The van der Waals surface area contributed by atoms with Gasteiger partial charge in [0.2, 0.25) is 15.9 Å². The van der Waals surface area contributed by atoms with Crippen LogP contribution in [-0.2, 0) is 21.4 Å². The molecule has 0 aliphatic rings. The first-order valence-electron chi connectivity index (χ1n) is 7.87. The van der Waals surface area contributed by atoms with Gasteiger partial charge in [-0.15, -0.1) is 11.3 Å². The third kappa shape index (κ3) is 6.35. The monoisotopic (exact) mass is 449 g/mol. The summed E-state index contributed by atoms with van der Waals surface area (Å²) in [5, 5.41) is 4.72. The summed E-state index contributed by atoms with van der Waals surface area (Å²) in [7, 11) is -2.48. The normalized spacial score (nSPS) is 12.6. The predicted octanol–water partition coefficient (Wildman–Crippen LogP) is 2.52. The number of hydrogen-bond acceptors (Lipinski definition) is 7. The first-order chi connectivity index (χ1) is 12.9. The van der Waals surface area contributed by atoms with E-state index in [1.807, 2.05) is 11.6 Å². The number of carbonyl (C=O) groups is 1. The number of rotatable bonds is 10. The third-order valence-corrected chi connectivity index (χ3v) is 6.63. The number of thiazole rings is 1. The standard InChI is InChI=1S/C16H20ClN3O4S3/c1-24-15-4-3-12(7-13(15)17)27(22,23)20-14(5-6-25-2)16(21)18-8-11-9-26-10-19-11/h3-4,7,9-10,14,20H,5-6,8H2,1-2H3,(H,18,21)/t14-/m0/s1. The van der Waals surface area contributed by atoms with Crippen molar-refractivity contribution in [3.05, 3.63) is 39.8 Å². The predicted molar refractivity (Wildman–Crippen MR) is 109 cm³/mol. The number of aromatic nitrogens is 1. The van der Waals surface area contributed by atoms with Gasteiger partial charge in [-0.05, 0) is 36.6 Å². The lowest BCUT2D eigenvalue weighted by Crippen LogP contribution is -2.46. The highest BCUT2D eigenvalue weighted by molar-refractivity contribution is 7.98. The Hall–Kier alpha value is -1.33. The number of halogens is 1. The Morgan fingerprint density at radius 1 is 1.44 bits per heavy atom. The van der Waals surface area contributed by atoms with Crippen molar-refractivity contribution in [2.45, 2.75) is 23.9 Å². The highest BCUT2D eigenvalue weighted by Crippen LogP contribution is 2.27. The Morgan fingerprint density at radius 2 is 2.22 bits per heavy atom. The van der Waals surface area contributed by atoms with Crippen molar-refractivity contribution < 1.29 is 17.9 Å². The molecule has 148 valence electrons. The Balaban J connectivity index is 2.12. The Kier molecular flexibility index (Phi) is 8.36. The molecule has 2 N–H and O–H groups in total. The summed E-state index contributed by atoms with van der Waals surface area (Å²) in [4.78, 5) is 16.6. The van der Waals surface area contributed by atoms with Gasteiger partial charge in [0.1, 0.15) is 11.8 Å². The van der Waals surface area contributed by atoms with E-state index in [2.05, 4.69) is 15.0 Å². The molecule has 1 heterocycles. The Morgan fingerprint density at radius 3 is 2.81 bits per heavy atom. The molecule has 1 atom stereocenters. The topological polar surface area (TPSA) is 97.4 Å². The average molecular weight is 450 g/mol. The second-order valence-electron chi connectivity index (χ2n) is 5.45. The van der Waals surface area contributed by atoms with Gasteiger partial charge in [-0.1, -0.05) is 11.6 Å². The van der Waals surface area contributed by atoms with Crippen molar-refractivity contribution in [2.24, 2.45) is 0 Å². The number of nitrogens with zero attached hydrogens (tertiary/aromatic N) is 1. The second-order valence-corrected chi connectivity index (χ2v) is 9.27. The zero-order valence-corrected chi connectivity index (χ0v) is 18.0. The van der Waals surface area contributed by atoms with Crippen molar-refractivity contribution in [3.8, 4) is 5.75 Å². The number of carbonyl (C=O) groups excluding carboxylic acids is 1. The van der Waals surface area contributed by atoms with Crippen molar-refractivity contribution >= 4 is 50.6 Å². The molecule has 2 aromatic rings. The summed E-state index contributed by atoms with van der Waals surface area (Å²) in [6.45, 7) is 0.244. The SMILES string of the molecule is COc1ccc(S(=O)(=O)N[C@@H](CCSC)C(=O)NCc2cscn2)cc1Cl.